The van der Waals surface area contributed by atoms with Crippen LogP contribution in [-0.2, 0) is 19.6 Å². The fraction of sp³-hybridized carbons (Fsp3) is 0.222. The summed E-state index contributed by atoms with van der Waals surface area (Å²) in [5.74, 6) is 2.23. The molecule has 33 heavy (non-hydrogen) atoms. The van der Waals surface area contributed by atoms with Crippen molar-refractivity contribution < 1.29 is 9.15 Å². The third-order valence-corrected chi connectivity index (χ3v) is 5.76. The number of aryl methyl sites for hydroxylation is 3. The molecule has 0 aliphatic heterocycles. The number of rotatable bonds is 9. The molecule has 2 heterocycles. The van der Waals surface area contributed by atoms with Crippen LogP contribution in [-0.4, -0.2) is 19.7 Å². The van der Waals surface area contributed by atoms with Crippen molar-refractivity contribution in [3.63, 3.8) is 0 Å². The third-order valence-electron chi connectivity index (χ3n) is 5.76. The fourth-order valence-electron chi connectivity index (χ4n) is 3.86. The number of benzene rings is 3. The molecule has 0 saturated heterocycles. The maximum absolute atomic E-state index is 5.98. The van der Waals surface area contributed by atoms with Crippen molar-refractivity contribution in [3.8, 4) is 17.2 Å². The van der Waals surface area contributed by atoms with Crippen LogP contribution in [0.5, 0.6) is 5.75 Å². The Labute approximate surface area is 192 Å². The molecule has 0 amide bonds. The van der Waals surface area contributed by atoms with Gasteiger partial charge >= 0.3 is 0 Å². The molecule has 0 bridgehead atoms. The summed E-state index contributed by atoms with van der Waals surface area (Å²) in [6.45, 7) is 3.21. The molecule has 0 fully saturated rings. The summed E-state index contributed by atoms with van der Waals surface area (Å²) in [4.78, 5) is 8.66. The van der Waals surface area contributed by atoms with E-state index in [4.69, 9.17) is 9.15 Å². The van der Waals surface area contributed by atoms with Crippen LogP contribution in [0.15, 0.2) is 83.8 Å². The molecule has 2 aromatic heterocycles. The molecule has 6 heteroatoms. The van der Waals surface area contributed by atoms with Gasteiger partial charge in [0.05, 0.1) is 0 Å². The van der Waals surface area contributed by atoms with Gasteiger partial charge in [-0.25, -0.2) is 9.97 Å². The lowest BCUT2D eigenvalue weighted by Crippen LogP contribution is -1.99. The number of fused-ring (bicyclic) bond motifs is 1. The second-order valence-electron chi connectivity index (χ2n) is 8.13. The molecule has 0 atom stereocenters. The van der Waals surface area contributed by atoms with Crippen LogP contribution in [0, 0.1) is 6.92 Å². The van der Waals surface area contributed by atoms with Gasteiger partial charge in [0.25, 0.3) is 0 Å². The van der Waals surface area contributed by atoms with E-state index in [2.05, 4.69) is 51.5 Å². The van der Waals surface area contributed by atoms with Crippen LogP contribution in [0.1, 0.15) is 29.9 Å². The van der Waals surface area contributed by atoms with Crippen molar-refractivity contribution in [1.82, 2.24) is 19.7 Å². The molecule has 0 aliphatic rings. The van der Waals surface area contributed by atoms with E-state index in [9.17, 15) is 0 Å². The molecular formula is C27H26N4O2. The number of aromatic nitrogens is 4. The minimum atomic E-state index is 0.375. The zero-order valence-corrected chi connectivity index (χ0v) is 18.6. The van der Waals surface area contributed by atoms with E-state index >= 15 is 0 Å². The maximum Gasteiger partial charge on any atom is 0.226 e. The summed E-state index contributed by atoms with van der Waals surface area (Å²) in [5.41, 5.74) is 3.09. The first kappa shape index (κ1) is 20.9. The number of hydrogen-bond donors (Lipinski definition) is 0. The van der Waals surface area contributed by atoms with Gasteiger partial charge in [-0.2, -0.15) is 5.10 Å². The first-order valence-corrected chi connectivity index (χ1v) is 11.2. The zero-order valence-electron chi connectivity index (χ0n) is 18.6. The van der Waals surface area contributed by atoms with E-state index in [1.807, 2.05) is 41.9 Å². The zero-order chi connectivity index (χ0) is 22.5. The second kappa shape index (κ2) is 9.69. The van der Waals surface area contributed by atoms with Crippen molar-refractivity contribution in [3.05, 3.63) is 96.4 Å². The Balaban J connectivity index is 1.16. The first-order valence-electron chi connectivity index (χ1n) is 11.2. The number of oxazole rings is 1. The monoisotopic (exact) mass is 438 g/mol. The molecule has 3 aromatic carbocycles. The highest BCUT2D eigenvalue weighted by Gasteiger charge is 2.12. The topological polar surface area (TPSA) is 66.0 Å². The predicted octanol–water partition coefficient (Wildman–Crippen LogP) is 6.00. The molecule has 5 rings (SSSR count). The van der Waals surface area contributed by atoms with Crippen LogP contribution in [0.3, 0.4) is 0 Å². The molecule has 0 spiro atoms. The minimum Gasteiger partial charge on any atom is -0.487 e. The van der Waals surface area contributed by atoms with Crippen LogP contribution < -0.4 is 4.74 Å². The van der Waals surface area contributed by atoms with Crippen molar-refractivity contribution in [2.75, 3.05) is 0 Å². The smallest absolute Gasteiger partial charge is 0.226 e. The van der Waals surface area contributed by atoms with Gasteiger partial charge in [-0.3, -0.25) is 4.68 Å². The Morgan fingerprint density at radius 3 is 2.61 bits per heavy atom. The molecule has 0 saturated carbocycles. The van der Waals surface area contributed by atoms with Gasteiger partial charge in [-0.15, -0.1) is 0 Å². The van der Waals surface area contributed by atoms with Gasteiger partial charge in [0, 0.05) is 12.1 Å². The highest BCUT2D eigenvalue weighted by atomic mass is 16.5. The second-order valence-corrected chi connectivity index (χ2v) is 8.13. The summed E-state index contributed by atoms with van der Waals surface area (Å²) in [6.07, 6.45) is 6.55. The van der Waals surface area contributed by atoms with E-state index in [1.54, 1.807) is 12.7 Å². The standard InChI is InChI=1S/C27H26N4O2/c1-20-26(30-27(33-20)24-12-11-22-7-2-3-8-23(22)16-24)17-32-25-13-9-21(10-14-25)6-4-5-15-31-19-28-18-29-31/h2-3,7-14,16,18-19H,4-6,15,17H2,1H3. The van der Waals surface area contributed by atoms with Gasteiger partial charge in [0.1, 0.15) is 36.5 Å². The average Bonchev–Trinajstić information content (AvgIpc) is 3.50. The summed E-state index contributed by atoms with van der Waals surface area (Å²) in [5, 5.41) is 6.50. The van der Waals surface area contributed by atoms with E-state index in [0.29, 0.717) is 12.5 Å². The summed E-state index contributed by atoms with van der Waals surface area (Å²) >= 11 is 0. The van der Waals surface area contributed by atoms with Crippen molar-refractivity contribution >= 4 is 10.8 Å². The highest BCUT2D eigenvalue weighted by molar-refractivity contribution is 5.86. The van der Waals surface area contributed by atoms with E-state index in [0.717, 1.165) is 48.6 Å². The SMILES string of the molecule is Cc1oc(-c2ccc3ccccc3c2)nc1COc1ccc(CCCCn2cncn2)cc1. The fourth-order valence-corrected chi connectivity index (χ4v) is 3.86. The summed E-state index contributed by atoms with van der Waals surface area (Å²) in [6, 6.07) is 22.8. The summed E-state index contributed by atoms with van der Waals surface area (Å²) in [7, 11) is 0. The van der Waals surface area contributed by atoms with Crippen LogP contribution >= 0.6 is 0 Å². The Kier molecular flexibility index (Phi) is 6.15. The number of unbranched alkanes of at least 4 members (excludes halogenated alkanes) is 1. The van der Waals surface area contributed by atoms with Gasteiger partial charge in [0.2, 0.25) is 5.89 Å². The number of nitrogens with zero attached hydrogens (tertiary/aromatic N) is 4. The quantitative estimate of drug-likeness (QED) is 0.264. The largest absolute Gasteiger partial charge is 0.487 e. The molecule has 0 radical (unpaired) electrons. The van der Waals surface area contributed by atoms with Crippen molar-refractivity contribution in [2.24, 2.45) is 0 Å². The van der Waals surface area contributed by atoms with Gasteiger partial charge < -0.3 is 9.15 Å². The average molecular weight is 439 g/mol. The van der Waals surface area contributed by atoms with Gasteiger partial charge in [-0.1, -0.05) is 42.5 Å². The summed E-state index contributed by atoms with van der Waals surface area (Å²) < 4.78 is 13.8. The Morgan fingerprint density at radius 2 is 1.79 bits per heavy atom. The molecule has 6 nitrogen and oxygen atoms in total. The molecule has 0 unspecified atom stereocenters. The molecule has 0 N–H and O–H groups in total. The Morgan fingerprint density at radius 1 is 0.939 bits per heavy atom. The molecule has 166 valence electrons. The molecule has 5 aromatic rings. The predicted molar refractivity (Wildman–Crippen MR) is 128 cm³/mol. The lowest BCUT2D eigenvalue weighted by Gasteiger charge is -2.06. The van der Waals surface area contributed by atoms with Crippen LogP contribution in [0.2, 0.25) is 0 Å². The lowest BCUT2D eigenvalue weighted by molar-refractivity contribution is 0.299. The van der Waals surface area contributed by atoms with Gasteiger partial charge in [0.15, 0.2) is 0 Å². The lowest BCUT2D eigenvalue weighted by atomic mass is 10.1. The highest BCUT2D eigenvalue weighted by Crippen LogP contribution is 2.26. The van der Waals surface area contributed by atoms with Gasteiger partial charge in [-0.05, 0) is 66.8 Å². The Bertz CT molecular complexity index is 1320. The third kappa shape index (κ3) is 5.12. The van der Waals surface area contributed by atoms with Crippen LogP contribution in [0.25, 0.3) is 22.2 Å². The molecular weight excluding hydrogens is 412 g/mol. The van der Waals surface area contributed by atoms with Crippen molar-refractivity contribution in [2.45, 2.75) is 39.3 Å². The van der Waals surface area contributed by atoms with E-state index in [1.165, 1.54) is 16.3 Å². The number of ether oxygens (including phenoxy) is 1. The van der Waals surface area contributed by atoms with Crippen LogP contribution in [0.4, 0.5) is 0 Å². The van der Waals surface area contributed by atoms with E-state index in [-0.39, 0.29) is 0 Å². The maximum atomic E-state index is 5.98. The Hall–Kier alpha value is -3.93. The van der Waals surface area contributed by atoms with Crippen molar-refractivity contribution in [1.29, 1.82) is 0 Å². The normalized spacial score (nSPS) is 11.2. The minimum absolute atomic E-state index is 0.375. The molecule has 0 aliphatic carbocycles. The first-order chi connectivity index (χ1) is 16.2. The van der Waals surface area contributed by atoms with E-state index < -0.39 is 0 Å². The number of hydrogen-bond acceptors (Lipinski definition) is 5.